The smallest absolute Gasteiger partial charge is 0.198 e. The second-order valence-electron chi connectivity index (χ2n) is 3.73. The minimum Gasteiger partial charge on any atom is -0.509 e. The molecule has 0 aliphatic heterocycles. The van der Waals surface area contributed by atoms with Gasteiger partial charge in [-0.3, -0.25) is 0 Å². The summed E-state index contributed by atoms with van der Waals surface area (Å²) >= 11 is 0. The van der Waals surface area contributed by atoms with E-state index in [9.17, 15) is 5.11 Å². The number of aromatic hydroxyl groups is 1. The molecule has 1 aromatic heterocycles. The van der Waals surface area contributed by atoms with E-state index in [0.717, 1.165) is 22.5 Å². The maximum Gasteiger partial charge on any atom is 0.198 e. The summed E-state index contributed by atoms with van der Waals surface area (Å²) in [6, 6.07) is 4.74. The fourth-order valence-electron chi connectivity index (χ4n) is 1.81. The van der Waals surface area contributed by atoms with Crippen LogP contribution < -0.4 is 0 Å². The third-order valence-corrected chi connectivity index (χ3v) is 2.60. The molecule has 0 amide bonds. The summed E-state index contributed by atoms with van der Waals surface area (Å²) in [6.45, 7) is 10.9. The van der Waals surface area contributed by atoms with Gasteiger partial charge < -0.3 is 5.11 Å². The molecule has 0 aliphatic rings. The van der Waals surface area contributed by atoms with E-state index in [1.165, 1.54) is 12.4 Å². The number of hydrogen-bond donors (Lipinski definition) is 1. The van der Waals surface area contributed by atoms with Gasteiger partial charge in [0.1, 0.15) is 12.1 Å². The Morgan fingerprint density at radius 1 is 1.18 bits per heavy atom. The molecule has 0 bridgehead atoms. The van der Waals surface area contributed by atoms with Gasteiger partial charge in [-0.2, -0.15) is 0 Å². The average Bonchev–Trinajstić information content (AvgIpc) is 2.30. The molecule has 0 unspecified atom stereocenters. The molecule has 0 fully saturated rings. The van der Waals surface area contributed by atoms with Crippen LogP contribution in [0.25, 0.3) is 16.0 Å². The fraction of sp³-hybridized carbons (Fsp3) is 0.154. The van der Waals surface area contributed by atoms with Crippen molar-refractivity contribution in [3.63, 3.8) is 0 Å². The van der Waals surface area contributed by atoms with Gasteiger partial charge in [-0.1, -0.05) is 6.07 Å². The van der Waals surface area contributed by atoms with E-state index < -0.39 is 0 Å². The molecular weight excluding hydrogens is 214 g/mol. The molecule has 4 nitrogen and oxygen atoms in total. The molecular formula is C13H11N3O. The molecule has 84 valence electrons. The van der Waals surface area contributed by atoms with E-state index in [1.807, 2.05) is 13.8 Å². The minimum atomic E-state index is 0.0897. The second kappa shape index (κ2) is 4.22. The molecule has 0 spiro atoms. The third kappa shape index (κ3) is 1.95. The quantitative estimate of drug-likeness (QED) is 0.759. The number of rotatable bonds is 1. The predicted molar refractivity (Wildman–Crippen MR) is 64.9 cm³/mol. The van der Waals surface area contributed by atoms with E-state index in [-0.39, 0.29) is 5.75 Å². The van der Waals surface area contributed by atoms with Crippen LogP contribution in [0.2, 0.25) is 0 Å². The maximum atomic E-state index is 9.38. The molecule has 1 heterocycles. The molecule has 0 atom stereocenters. The molecule has 0 saturated carbocycles. The molecule has 0 aliphatic carbocycles. The zero-order chi connectivity index (χ0) is 12.4. The van der Waals surface area contributed by atoms with Crippen molar-refractivity contribution in [3.05, 3.63) is 47.3 Å². The molecule has 0 radical (unpaired) electrons. The summed E-state index contributed by atoms with van der Waals surface area (Å²) in [5.41, 5.74) is 3.68. The number of phenolic OH excluding ortho intramolecular Hbond substituents is 1. The Balaban J connectivity index is 2.74. The number of aryl methyl sites for hydroxylation is 2. The van der Waals surface area contributed by atoms with Crippen molar-refractivity contribution in [1.82, 2.24) is 9.97 Å². The van der Waals surface area contributed by atoms with E-state index >= 15 is 0 Å². The highest BCUT2D eigenvalue weighted by Gasteiger charge is 2.12. The first kappa shape index (κ1) is 11.1. The van der Waals surface area contributed by atoms with Crippen LogP contribution in [-0.2, 0) is 0 Å². The van der Waals surface area contributed by atoms with Crippen LogP contribution in [0, 0.1) is 20.4 Å². The monoisotopic (exact) mass is 225 g/mol. The molecule has 1 N–H and O–H groups in total. The van der Waals surface area contributed by atoms with Gasteiger partial charge in [0, 0.05) is 17.0 Å². The van der Waals surface area contributed by atoms with Crippen LogP contribution in [0.1, 0.15) is 11.4 Å². The highest BCUT2D eigenvalue weighted by molar-refractivity contribution is 5.81. The normalized spacial score (nSPS) is 9.94. The van der Waals surface area contributed by atoms with Gasteiger partial charge >= 0.3 is 0 Å². The first-order valence-electron chi connectivity index (χ1n) is 5.12. The van der Waals surface area contributed by atoms with E-state index in [4.69, 9.17) is 6.57 Å². The fourth-order valence-corrected chi connectivity index (χ4v) is 1.81. The summed E-state index contributed by atoms with van der Waals surface area (Å²) in [5.74, 6) is 0.0897. The van der Waals surface area contributed by atoms with Gasteiger partial charge in [-0.05, 0) is 31.5 Å². The first-order chi connectivity index (χ1) is 8.13. The number of hydrogen-bond acceptors (Lipinski definition) is 3. The van der Waals surface area contributed by atoms with Crippen molar-refractivity contribution < 1.29 is 5.11 Å². The topological polar surface area (TPSA) is 50.4 Å². The third-order valence-electron chi connectivity index (χ3n) is 2.60. The Morgan fingerprint density at radius 3 is 2.41 bits per heavy atom. The molecule has 2 aromatic rings. The van der Waals surface area contributed by atoms with Crippen LogP contribution in [0.5, 0.6) is 5.75 Å². The van der Waals surface area contributed by atoms with Gasteiger partial charge in [0.05, 0.1) is 6.57 Å². The molecule has 1 aromatic carbocycles. The lowest BCUT2D eigenvalue weighted by molar-refractivity contribution is 0.476. The molecule has 0 saturated heterocycles. The lowest BCUT2D eigenvalue weighted by Crippen LogP contribution is -1.94. The summed E-state index contributed by atoms with van der Waals surface area (Å²) < 4.78 is 0. The highest BCUT2D eigenvalue weighted by Crippen LogP contribution is 2.35. The number of phenols is 1. The summed E-state index contributed by atoms with van der Waals surface area (Å²) in [5, 5.41) is 9.38. The standard InChI is InChI=1S/C13H11N3O/c1-8-13(9(2)16-7-15-8)11-5-4-10(17)6-12(11)14-3/h4-7,17H,1-2H3. The van der Waals surface area contributed by atoms with Gasteiger partial charge in [-0.25, -0.2) is 14.8 Å². The Bertz CT molecular complexity index is 594. The van der Waals surface area contributed by atoms with Crippen molar-refractivity contribution in [2.24, 2.45) is 0 Å². The SMILES string of the molecule is [C-]#[N+]c1cc(O)ccc1-c1c(C)ncnc1C. The summed E-state index contributed by atoms with van der Waals surface area (Å²) in [7, 11) is 0. The van der Waals surface area contributed by atoms with E-state index in [2.05, 4.69) is 14.8 Å². The van der Waals surface area contributed by atoms with Crippen LogP contribution in [0.3, 0.4) is 0 Å². The van der Waals surface area contributed by atoms with Crippen LogP contribution >= 0.6 is 0 Å². The van der Waals surface area contributed by atoms with Crippen molar-refractivity contribution in [2.75, 3.05) is 0 Å². The average molecular weight is 225 g/mol. The Labute approximate surface area is 99.4 Å². The lowest BCUT2D eigenvalue weighted by Gasteiger charge is -2.10. The van der Waals surface area contributed by atoms with Crippen molar-refractivity contribution in [2.45, 2.75) is 13.8 Å². The summed E-state index contributed by atoms with van der Waals surface area (Å²) in [6.07, 6.45) is 1.51. The van der Waals surface area contributed by atoms with E-state index in [1.54, 1.807) is 12.1 Å². The number of nitrogens with zero attached hydrogens (tertiary/aromatic N) is 3. The number of benzene rings is 1. The summed E-state index contributed by atoms with van der Waals surface area (Å²) in [4.78, 5) is 11.7. The Hall–Kier alpha value is -2.41. The number of aromatic nitrogens is 2. The van der Waals surface area contributed by atoms with E-state index in [0.29, 0.717) is 5.69 Å². The van der Waals surface area contributed by atoms with Crippen molar-refractivity contribution >= 4 is 5.69 Å². The Kier molecular flexibility index (Phi) is 2.75. The zero-order valence-corrected chi connectivity index (χ0v) is 9.60. The van der Waals surface area contributed by atoms with Crippen LogP contribution in [0.4, 0.5) is 5.69 Å². The first-order valence-corrected chi connectivity index (χ1v) is 5.12. The molecule has 17 heavy (non-hydrogen) atoms. The van der Waals surface area contributed by atoms with Crippen molar-refractivity contribution in [3.8, 4) is 16.9 Å². The lowest BCUT2D eigenvalue weighted by atomic mass is 10.0. The minimum absolute atomic E-state index is 0.0897. The van der Waals surface area contributed by atoms with Gasteiger partial charge in [0.25, 0.3) is 0 Å². The largest absolute Gasteiger partial charge is 0.509 e. The molecule has 4 heteroatoms. The van der Waals surface area contributed by atoms with Crippen LogP contribution in [0.15, 0.2) is 24.5 Å². The van der Waals surface area contributed by atoms with Gasteiger partial charge in [0.15, 0.2) is 5.69 Å². The Morgan fingerprint density at radius 2 is 1.82 bits per heavy atom. The second-order valence-corrected chi connectivity index (χ2v) is 3.73. The van der Waals surface area contributed by atoms with Crippen molar-refractivity contribution in [1.29, 1.82) is 0 Å². The van der Waals surface area contributed by atoms with Crippen LogP contribution in [-0.4, -0.2) is 15.1 Å². The zero-order valence-electron chi connectivity index (χ0n) is 9.60. The predicted octanol–water partition coefficient (Wildman–Crippen LogP) is 3.02. The van der Waals surface area contributed by atoms with Gasteiger partial charge in [-0.15, -0.1) is 0 Å². The van der Waals surface area contributed by atoms with Gasteiger partial charge in [0.2, 0.25) is 0 Å². The highest BCUT2D eigenvalue weighted by atomic mass is 16.3. The molecule has 2 rings (SSSR count). The maximum absolute atomic E-state index is 9.38.